The molecule has 0 unspecified atom stereocenters. The van der Waals surface area contributed by atoms with Crippen molar-refractivity contribution in [2.75, 3.05) is 5.32 Å². The van der Waals surface area contributed by atoms with Crippen LogP contribution in [0.4, 0.5) is 23.2 Å². The van der Waals surface area contributed by atoms with Gasteiger partial charge in [0.15, 0.2) is 17.2 Å². The number of phenolic OH excluding ortho intramolecular Hbond substituents is 1. The molecule has 2 atom stereocenters. The molecule has 0 saturated heterocycles. The average Bonchev–Trinajstić information content (AvgIpc) is 2.71. The van der Waals surface area contributed by atoms with Crippen LogP contribution < -0.4 is 5.32 Å². The summed E-state index contributed by atoms with van der Waals surface area (Å²) >= 11 is 0. The number of anilines is 1. The Morgan fingerprint density at radius 3 is 2.56 bits per heavy atom. The molecule has 0 bridgehead atoms. The average molecular weight is 447 g/mol. The van der Waals surface area contributed by atoms with Crippen LogP contribution in [0.25, 0.3) is 16.5 Å². The predicted molar refractivity (Wildman–Crippen MR) is 113 cm³/mol. The number of hydrogen-bond donors (Lipinski definition) is 3. The summed E-state index contributed by atoms with van der Waals surface area (Å²) in [5.74, 6) is -1.20. The van der Waals surface area contributed by atoms with E-state index in [0.29, 0.717) is 22.3 Å². The highest BCUT2D eigenvalue weighted by Crippen LogP contribution is 2.55. The first-order valence-corrected chi connectivity index (χ1v) is 9.90. The fourth-order valence-electron chi connectivity index (χ4n) is 4.17. The maximum absolute atomic E-state index is 14.3. The summed E-state index contributed by atoms with van der Waals surface area (Å²) in [6.45, 7) is 4.80. The Hall–Kier alpha value is -3.20. The number of aromatic nitrogens is 2. The molecule has 0 amide bonds. The third-order valence-corrected chi connectivity index (χ3v) is 5.84. The van der Waals surface area contributed by atoms with Gasteiger partial charge < -0.3 is 15.5 Å². The van der Waals surface area contributed by atoms with E-state index in [1.54, 1.807) is 39.0 Å². The minimum absolute atomic E-state index is 0.0382. The minimum atomic E-state index is -5.02. The summed E-state index contributed by atoms with van der Waals surface area (Å²) in [7, 11) is 0. The number of halogens is 4. The quantitative estimate of drug-likeness (QED) is 0.457. The SMILES string of the molecule is CC(C)=C1C[C@](O)(C(F)(F)F)[C@@H](Nc2cccc3nc(C)ncc23)c2ccc(F)c(O)c21. The molecule has 0 aliphatic heterocycles. The highest BCUT2D eigenvalue weighted by Gasteiger charge is 2.62. The van der Waals surface area contributed by atoms with Gasteiger partial charge in [-0.25, -0.2) is 14.4 Å². The first kappa shape index (κ1) is 22.0. The number of aromatic hydroxyl groups is 1. The molecule has 0 spiro atoms. The second kappa shape index (κ2) is 7.44. The first-order valence-electron chi connectivity index (χ1n) is 9.90. The van der Waals surface area contributed by atoms with E-state index in [-0.39, 0.29) is 22.4 Å². The Balaban J connectivity index is 1.98. The monoisotopic (exact) mass is 447 g/mol. The highest BCUT2D eigenvalue weighted by atomic mass is 19.4. The number of nitrogens with one attached hydrogen (secondary N) is 1. The van der Waals surface area contributed by atoms with Crippen LogP contribution >= 0.6 is 0 Å². The predicted octanol–water partition coefficient (Wildman–Crippen LogP) is 5.43. The van der Waals surface area contributed by atoms with Crippen molar-refractivity contribution in [2.24, 2.45) is 0 Å². The van der Waals surface area contributed by atoms with Gasteiger partial charge in [-0.05, 0) is 50.1 Å². The van der Waals surface area contributed by atoms with Gasteiger partial charge in [-0.2, -0.15) is 13.2 Å². The molecule has 1 aromatic heterocycles. The van der Waals surface area contributed by atoms with E-state index in [1.807, 2.05) is 0 Å². The molecule has 1 aliphatic rings. The standard InChI is InChI=1S/C23H21F4N3O2/c1-11(2)14-9-22(32,23(25,26)27)21(13-7-8-16(24)20(31)19(13)14)30-18-6-4-5-17-15(18)10-28-12(3)29-17/h4-8,10,21,30-32H,9H2,1-3H3/t21-,22+/m0/s1. The summed E-state index contributed by atoms with van der Waals surface area (Å²) in [6.07, 6.45) is -4.38. The number of fused-ring (bicyclic) bond motifs is 2. The fourth-order valence-corrected chi connectivity index (χ4v) is 4.17. The maximum atomic E-state index is 14.3. The van der Waals surface area contributed by atoms with Crippen molar-refractivity contribution in [3.05, 3.63) is 64.9 Å². The van der Waals surface area contributed by atoms with Crippen LogP contribution in [-0.2, 0) is 0 Å². The molecule has 0 saturated carbocycles. The number of hydrogen-bond acceptors (Lipinski definition) is 5. The van der Waals surface area contributed by atoms with Gasteiger partial charge in [0.2, 0.25) is 0 Å². The lowest BCUT2D eigenvalue weighted by molar-refractivity contribution is -0.265. The van der Waals surface area contributed by atoms with E-state index in [0.717, 1.165) is 12.1 Å². The zero-order valence-corrected chi connectivity index (χ0v) is 17.5. The van der Waals surface area contributed by atoms with Crippen LogP contribution in [0, 0.1) is 12.7 Å². The normalized spacial score (nSPS) is 20.9. The van der Waals surface area contributed by atoms with Crippen LogP contribution in [0.3, 0.4) is 0 Å². The smallest absolute Gasteiger partial charge is 0.419 e. The third kappa shape index (κ3) is 3.37. The number of nitrogens with zero attached hydrogens (tertiary/aromatic N) is 2. The summed E-state index contributed by atoms with van der Waals surface area (Å²) in [6, 6.07) is 5.20. The zero-order valence-electron chi connectivity index (χ0n) is 17.5. The number of phenols is 1. The largest absolute Gasteiger partial charge is 0.504 e. The lowest BCUT2D eigenvalue weighted by atomic mass is 9.71. The van der Waals surface area contributed by atoms with Gasteiger partial charge in [0.1, 0.15) is 5.82 Å². The van der Waals surface area contributed by atoms with Crippen molar-refractivity contribution in [1.82, 2.24) is 9.97 Å². The summed E-state index contributed by atoms with van der Waals surface area (Å²) < 4.78 is 57.0. The Bertz CT molecular complexity index is 1250. The van der Waals surface area contributed by atoms with Crippen LogP contribution in [0.1, 0.15) is 43.3 Å². The van der Waals surface area contributed by atoms with Crippen molar-refractivity contribution in [1.29, 1.82) is 0 Å². The zero-order chi connectivity index (χ0) is 23.4. The number of aliphatic hydroxyl groups is 1. The Morgan fingerprint density at radius 2 is 1.91 bits per heavy atom. The van der Waals surface area contributed by atoms with Crippen molar-refractivity contribution < 1.29 is 27.8 Å². The molecule has 5 nitrogen and oxygen atoms in total. The minimum Gasteiger partial charge on any atom is -0.504 e. The molecular formula is C23H21F4N3O2. The van der Waals surface area contributed by atoms with Crippen LogP contribution in [-0.4, -0.2) is 32.0 Å². The summed E-state index contributed by atoms with van der Waals surface area (Å²) in [4.78, 5) is 8.41. The maximum Gasteiger partial charge on any atom is 0.419 e. The molecular weight excluding hydrogens is 426 g/mol. The van der Waals surface area contributed by atoms with Crippen LogP contribution in [0.15, 0.2) is 42.1 Å². The van der Waals surface area contributed by atoms with Gasteiger partial charge in [-0.1, -0.05) is 17.7 Å². The third-order valence-electron chi connectivity index (χ3n) is 5.84. The number of allylic oxidation sites excluding steroid dienone is 1. The van der Waals surface area contributed by atoms with Gasteiger partial charge in [-0.3, -0.25) is 0 Å². The topological polar surface area (TPSA) is 78.3 Å². The second-order valence-electron chi connectivity index (χ2n) is 8.17. The Morgan fingerprint density at radius 1 is 1.19 bits per heavy atom. The van der Waals surface area contributed by atoms with Crippen molar-refractivity contribution >= 4 is 22.2 Å². The number of alkyl halides is 3. The van der Waals surface area contributed by atoms with Gasteiger partial charge in [-0.15, -0.1) is 0 Å². The Labute approximate surface area is 181 Å². The van der Waals surface area contributed by atoms with Crippen molar-refractivity contribution in [3.63, 3.8) is 0 Å². The highest BCUT2D eigenvalue weighted by molar-refractivity contribution is 5.91. The molecule has 3 N–H and O–H groups in total. The molecule has 168 valence electrons. The van der Waals surface area contributed by atoms with E-state index in [4.69, 9.17) is 0 Å². The Kier molecular flexibility index (Phi) is 5.12. The van der Waals surface area contributed by atoms with E-state index >= 15 is 0 Å². The number of benzene rings is 2. The van der Waals surface area contributed by atoms with Crippen molar-refractivity contribution in [3.8, 4) is 5.75 Å². The van der Waals surface area contributed by atoms with E-state index in [1.165, 1.54) is 6.20 Å². The van der Waals surface area contributed by atoms with E-state index in [2.05, 4.69) is 15.3 Å². The molecule has 3 aromatic rings. The van der Waals surface area contributed by atoms with Gasteiger partial charge >= 0.3 is 6.18 Å². The molecule has 2 aromatic carbocycles. The van der Waals surface area contributed by atoms with Crippen molar-refractivity contribution in [2.45, 2.75) is 45.0 Å². The van der Waals surface area contributed by atoms with Gasteiger partial charge in [0.25, 0.3) is 0 Å². The molecule has 4 rings (SSSR count). The second-order valence-corrected chi connectivity index (χ2v) is 8.17. The molecule has 1 aliphatic carbocycles. The molecule has 0 radical (unpaired) electrons. The lowest BCUT2D eigenvalue weighted by Crippen LogP contribution is -2.54. The number of aryl methyl sites for hydroxylation is 1. The van der Waals surface area contributed by atoms with Crippen LogP contribution in [0.5, 0.6) is 5.75 Å². The van der Waals surface area contributed by atoms with E-state index < -0.39 is 35.8 Å². The van der Waals surface area contributed by atoms with Gasteiger partial charge in [0.05, 0.1) is 11.6 Å². The summed E-state index contributed by atoms with van der Waals surface area (Å²) in [5.41, 5.74) is -2.05. The molecule has 0 fully saturated rings. The van der Waals surface area contributed by atoms with E-state index in [9.17, 15) is 27.8 Å². The number of rotatable bonds is 2. The fraction of sp³-hybridized carbons (Fsp3) is 0.304. The summed E-state index contributed by atoms with van der Waals surface area (Å²) in [5, 5.41) is 24.7. The molecule has 32 heavy (non-hydrogen) atoms. The molecule has 1 heterocycles. The first-order chi connectivity index (χ1) is 14.9. The molecule has 9 heteroatoms. The lowest BCUT2D eigenvalue weighted by Gasteiger charge is -2.44. The van der Waals surface area contributed by atoms with Crippen LogP contribution in [0.2, 0.25) is 0 Å². The van der Waals surface area contributed by atoms with Gasteiger partial charge in [0, 0.05) is 29.3 Å².